The van der Waals surface area contributed by atoms with Gasteiger partial charge in [-0.15, -0.1) is 0 Å². The number of hydrogen-bond acceptors (Lipinski definition) is 2. The summed E-state index contributed by atoms with van der Waals surface area (Å²) in [6.45, 7) is 6.80. The van der Waals surface area contributed by atoms with Crippen molar-refractivity contribution in [3.63, 3.8) is 0 Å². The van der Waals surface area contributed by atoms with Gasteiger partial charge in [0, 0.05) is 18.2 Å². The van der Waals surface area contributed by atoms with E-state index < -0.39 is 0 Å². The van der Waals surface area contributed by atoms with Gasteiger partial charge in [-0.3, -0.25) is 0 Å². The molecule has 0 aliphatic heterocycles. The van der Waals surface area contributed by atoms with Crippen molar-refractivity contribution in [2.45, 2.75) is 38.8 Å². The molecule has 2 nitrogen and oxygen atoms in total. The van der Waals surface area contributed by atoms with Crippen molar-refractivity contribution in [1.29, 1.82) is 0 Å². The number of likely N-dealkylation sites (N-methyl/N-ethyl adjacent to an activating group) is 1. The standard InChI is InChI=1S/C14H21ClFNO/c1-5-17-13(14(2,3)18-4)9-10-8-11(15)6-7-12(10)16/h6-8,13,17H,5,9H2,1-4H3. The molecule has 0 aromatic heterocycles. The second kappa shape index (κ2) is 6.50. The lowest BCUT2D eigenvalue weighted by Gasteiger charge is -2.34. The molecule has 1 rings (SSSR count). The first kappa shape index (κ1) is 15.4. The van der Waals surface area contributed by atoms with Crippen molar-refractivity contribution >= 4 is 11.6 Å². The first-order valence-electron chi connectivity index (χ1n) is 6.13. The van der Waals surface area contributed by atoms with Crippen LogP contribution in [0.5, 0.6) is 0 Å². The second-order valence-corrected chi connectivity index (χ2v) is 5.29. The second-order valence-electron chi connectivity index (χ2n) is 4.86. The largest absolute Gasteiger partial charge is 0.377 e. The van der Waals surface area contributed by atoms with E-state index in [0.29, 0.717) is 17.0 Å². The lowest BCUT2D eigenvalue weighted by molar-refractivity contribution is -0.00978. The highest BCUT2D eigenvalue weighted by Gasteiger charge is 2.29. The van der Waals surface area contributed by atoms with E-state index in [1.165, 1.54) is 6.07 Å². The molecule has 0 spiro atoms. The van der Waals surface area contributed by atoms with Crippen LogP contribution in [0.25, 0.3) is 0 Å². The molecule has 0 heterocycles. The van der Waals surface area contributed by atoms with Gasteiger partial charge in [-0.25, -0.2) is 4.39 Å². The molecule has 1 unspecified atom stereocenters. The number of methoxy groups -OCH3 is 1. The zero-order valence-corrected chi connectivity index (χ0v) is 12.1. The Balaban J connectivity index is 2.93. The highest BCUT2D eigenvalue weighted by molar-refractivity contribution is 6.30. The lowest BCUT2D eigenvalue weighted by atomic mass is 9.92. The van der Waals surface area contributed by atoms with Crippen LogP contribution >= 0.6 is 11.6 Å². The third kappa shape index (κ3) is 3.94. The Bertz CT molecular complexity index is 395. The summed E-state index contributed by atoms with van der Waals surface area (Å²) in [5.74, 6) is -0.228. The number of halogens is 2. The van der Waals surface area contributed by atoms with Crippen LogP contribution in [0.1, 0.15) is 26.3 Å². The average molecular weight is 274 g/mol. The summed E-state index contributed by atoms with van der Waals surface area (Å²) in [7, 11) is 1.67. The highest BCUT2D eigenvalue weighted by Crippen LogP contribution is 2.22. The molecule has 102 valence electrons. The smallest absolute Gasteiger partial charge is 0.126 e. The summed E-state index contributed by atoms with van der Waals surface area (Å²) in [5, 5.41) is 3.89. The fourth-order valence-electron chi connectivity index (χ4n) is 1.87. The average Bonchev–Trinajstić information content (AvgIpc) is 2.33. The molecular weight excluding hydrogens is 253 g/mol. The van der Waals surface area contributed by atoms with E-state index in [1.807, 2.05) is 20.8 Å². The van der Waals surface area contributed by atoms with Gasteiger partial charge in [0.05, 0.1) is 5.60 Å². The number of ether oxygens (including phenoxy) is 1. The van der Waals surface area contributed by atoms with Gasteiger partial charge in [0.25, 0.3) is 0 Å². The van der Waals surface area contributed by atoms with Gasteiger partial charge in [-0.2, -0.15) is 0 Å². The predicted octanol–water partition coefficient (Wildman–Crippen LogP) is 3.42. The lowest BCUT2D eigenvalue weighted by Crippen LogP contribution is -2.49. The highest BCUT2D eigenvalue weighted by atomic mass is 35.5. The SMILES string of the molecule is CCNC(Cc1cc(Cl)ccc1F)C(C)(C)OC. The summed E-state index contributed by atoms with van der Waals surface area (Å²) in [6.07, 6.45) is 0.543. The van der Waals surface area contributed by atoms with E-state index in [-0.39, 0.29) is 17.5 Å². The maximum absolute atomic E-state index is 13.7. The van der Waals surface area contributed by atoms with E-state index in [1.54, 1.807) is 19.2 Å². The molecule has 0 bridgehead atoms. The summed E-state index contributed by atoms with van der Waals surface area (Å²) in [4.78, 5) is 0. The van der Waals surface area contributed by atoms with Gasteiger partial charge in [0.2, 0.25) is 0 Å². The van der Waals surface area contributed by atoms with Gasteiger partial charge in [0.1, 0.15) is 5.82 Å². The van der Waals surface area contributed by atoms with Crippen molar-refractivity contribution in [3.05, 3.63) is 34.6 Å². The van der Waals surface area contributed by atoms with Gasteiger partial charge in [0.15, 0.2) is 0 Å². The zero-order valence-electron chi connectivity index (χ0n) is 11.4. The number of hydrogen-bond donors (Lipinski definition) is 1. The fourth-order valence-corrected chi connectivity index (χ4v) is 2.07. The minimum atomic E-state index is -0.370. The molecule has 0 fully saturated rings. The molecule has 18 heavy (non-hydrogen) atoms. The summed E-state index contributed by atoms with van der Waals surface area (Å²) < 4.78 is 19.2. The molecule has 0 radical (unpaired) electrons. The maximum Gasteiger partial charge on any atom is 0.126 e. The molecule has 0 aliphatic carbocycles. The normalized spacial score (nSPS) is 13.7. The number of benzene rings is 1. The van der Waals surface area contributed by atoms with Crippen molar-refractivity contribution in [2.75, 3.05) is 13.7 Å². The van der Waals surface area contributed by atoms with Crippen molar-refractivity contribution in [3.8, 4) is 0 Å². The summed E-state index contributed by atoms with van der Waals surface area (Å²) in [6, 6.07) is 4.66. The zero-order chi connectivity index (χ0) is 13.8. The van der Waals surface area contributed by atoms with Crippen LogP contribution in [0.3, 0.4) is 0 Å². The maximum atomic E-state index is 13.7. The third-order valence-electron chi connectivity index (χ3n) is 3.25. The Morgan fingerprint density at radius 2 is 2.11 bits per heavy atom. The molecule has 1 aromatic rings. The first-order valence-corrected chi connectivity index (χ1v) is 6.51. The monoisotopic (exact) mass is 273 g/mol. The third-order valence-corrected chi connectivity index (χ3v) is 3.48. The van der Waals surface area contributed by atoms with Gasteiger partial charge in [-0.05, 0) is 50.6 Å². The number of rotatable bonds is 6. The van der Waals surface area contributed by atoms with Crippen LogP contribution < -0.4 is 5.32 Å². The Morgan fingerprint density at radius 3 is 2.67 bits per heavy atom. The van der Waals surface area contributed by atoms with E-state index in [2.05, 4.69) is 5.32 Å². The van der Waals surface area contributed by atoms with Crippen LogP contribution in [-0.2, 0) is 11.2 Å². The predicted molar refractivity (Wildman–Crippen MR) is 73.7 cm³/mol. The van der Waals surface area contributed by atoms with E-state index in [0.717, 1.165) is 6.54 Å². The Kier molecular flexibility index (Phi) is 5.57. The molecule has 1 aromatic carbocycles. The van der Waals surface area contributed by atoms with Crippen LogP contribution in [-0.4, -0.2) is 25.3 Å². The van der Waals surface area contributed by atoms with Crippen molar-refractivity contribution in [1.82, 2.24) is 5.32 Å². The molecule has 1 atom stereocenters. The van der Waals surface area contributed by atoms with Gasteiger partial charge < -0.3 is 10.1 Å². The topological polar surface area (TPSA) is 21.3 Å². The molecule has 1 N–H and O–H groups in total. The minimum Gasteiger partial charge on any atom is -0.377 e. The Labute approximate surface area is 113 Å². The summed E-state index contributed by atoms with van der Waals surface area (Å²) in [5.41, 5.74) is 0.240. The van der Waals surface area contributed by atoms with Gasteiger partial charge >= 0.3 is 0 Å². The van der Waals surface area contributed by atoms with Crippen LogP contribution in [0.4, 0.5) is 4.39 Å². The molecule has 4 heteroatoms. The van der Waals surface area contributed by atoms with E-state index >= 15 is 0 Å². The molecule has 0 saturated heterocycles. The van der Waals surface area contributed by atoms with Crippen molar-refractivity contribution < 1.29 is 9.13 Å². The molecule has 0 aliphatic rings. The minimum absolute atomic E-state index is 0.0282. The quantitative estimate of drug-likeness (QED) is 0.857. The van der Waals surface area contributed by atoms with Crippen LogP contribution in [0.2, 0.25) is 5.02 Å². The van der Waals surface area contributed by atoms with E-state index in [4.69, 9.17) is 16.3 Å². The first-order chi connectivity index (χ1) is 8.40. The Hall–Kier alpha value is -0.640. The van der Waals surface area contributed by atoms with Crippen LogP contribution in [0.15, 0.2) is 18.2 Å². The van der Waals surface area contributed by atoms with Gasteiger partial charge in [-0.1, -0.05) is 18.5 Å². The summed E-state index contributed by atoms with van der Waals surface area (Å²) >= 11 is 5.91. The Morgan fingerprint density at radius 1 is 1.44 bits per heavy atom. The molecule has 0 saturated carbocycles. The number of nitrogens with one attached hydrogen (secondary N) is 1. The van der Waals surface area contributed by atoms with E-state index in [9.17, 15) is 4.39 Å². The molecule has 0 amide bonds. The molecular formula is C14H21ClFNO. The fraction of sp³-hybridized carbons (Fsp3) is 0.571. The van der Waals surface area contributed by atoms with Crippen molar-refractivity contribution in [2.24, 2.45) is 0 Å². The van der Waals surface area contributed by atoms with Crippen LogP contribution in [0, 0.1) is 5.82 Å².